The number of amides is 4. The number of benzene rings is 3. The Labute approximate surface area is 280 Å². The van der Waals surface area contributed by atoms with Crippen LogP contribution in [0.15, 0.2) is 83.2 Å². The Kier molecular flexibility index (Phi) is 10.3. The highest BCUT2D eigenvalue weighted by atomic mass is 32.2. The van der Waals surface area contributed by atoms with Crippen LogP contribution >= 0.6 is 19.6 Å². The first-order valence-electron chi connectivity index (χ1n) is 14.7. The van der Waals surface area contributed by atoms with E-state index in [9.17, 15) is 23.3 Å². The lowest BCUT2D eigenvalue weighted by Crippen LogP contribution is -2.65. The lowest BCUT2D eigenvalue weighted by molar-refractivity contribution is -0.157. The SMILES string of the molecule is C=C(N)Sc1c(F)ccc(CN2C[C@@H]3N(C(=O)CN3N(C)C(=O)NCc3ccccc3)[C@H](Cc3ccc(OP(=O)(O)O)cc3)C2=O)c1N. The number of halogens is 1. The number of phosphoric acid groups is 1. The number of urea groups is 1. The van der Waals surface area contributed by atoms with Gasteiger partial charge >= 0.3 is 13.9 Å². The highest BCUT2D eigenvalue weighted by Crippen LogP contribution is 2.38. The molecule has 0 spiro atoms. The number of phosphoric ester groups is 1. The van der Waals surface area contributed by atoms with Gasteiger partial charge in [0, 0.05) is 26.6 Å². The van der Waals surface area contributed by atoms with Crippen molar-refractivity contribution in [2.24, 2.45) is 5.73 Å². The fraction of sp³-hybridized carbons (Fsp3) is 0.258. The third-order valence-corrected chi connectivity index (χ3v) is 9.27. The van der Waals surface area contributed by atoms with E-state index in [1.54, 1.807) is 5.01 Å². The average Bonchev–Trinajstić information content (AvgIpc) is 3.36. The van der Waals surface area contributed by atoms with Gasteiger partial charge in [0.15, 0.2) is 0 Å². The molecule has 4 amide bonds. The van der Waals surface area contributed by atoms with Crippen molar-refractivity contribution in [3.05, 3.63) is 101 Å². The van der Waals surface area contributed by atoms with Crippen molar-refractivity contribution in [1.29, 1.82) is 0 Å². The summed E-state index contributed by atoms with van der Waals surface area (Å²) in [6.45, 7) is 3.66. The van der Waals surface area contributed by atoms with Crippen LogP contribution in [0.5, 0.6) is 5.75 Å². The highest BCUT2D eigenvalue weighted by molar-refractivity contribution is 8.03. The monoisotopic (exact) mass is 699 g/mol. The molecule has 2 aliphatic rings. The second kappa shape index (κ2) is 14.3. The van der Waals surface area contributed by atoms with Crippen LogP contribution in [0.1, 0.15) is 16.7 Å². The molecule has 0 aromatic heterocycles. The summed E-state index contributed by atoms with van der Waals surface area (Å²) in [5.74, 6) is -1.45. The molecule has 14 nitrogen and oxygen atoms in total. The van der Waals surface area contributed by atoms with Crippen LogP contribution in [0.2, 0.25) is 0 Å². The molecule has 7 N–H and O–H groups in total. The van der Waals surface area contributed by atoms with Crippen LogP contribution in [0.4, 0.5) is 14.9 Å². The number of hydrogen-bond acceptors (Lipinski definition) is 9. The standard InChI is InChI=1S/C31H35FN7O7PS/c1-19(33)48-29-24(32)13-10-22(28(29)34)16-37-17-26-38(36(2)31(42)35-15-21-6-4-3-5-7-21)18-27(40)39(26)25(30(37)41)14-20-8-11-23(12-9-20)46-47(43,44)45/h3-13,25-26H,1,14-18,33-34H2,2H3,(H,35,42)(H2,43,44,45)/t25-,26+/m1/s1. The van der Waals surface area contributed by atoms with Gasteiger partial charge in [0.2, 0.25) is 11.8 Å². The van der Waals surface area contributed by atoms with Crippen LogP contribution in [-0.2, 0) is 33.7 Å². The zero-order valence-electron chi connectivity index (χ0n) is 25.9. The Hall–Kier alpha value is -4.60. The zero-order valence-corrected chi connectivity index (χ0v) is 27.6. The Morgan fingerprint density at radius 2 is 1.81 bits per heavy atom. The second-order valence-corrected chi connectivity index (χ2v) is 13.5. The number of anilines is 1. The minimum atomic E-state index is -4.78. The van der Waals surface area contributed by atoms with E-state index in [2.05, 4.69) is 16.4 Å². The summed E-state index contributed by atoms with van der Waals surface area (Å²) in [4.78, 5) is 62.2. The summed E-state index contributed by atoms with van der Waals surface area (Å²) in [5.41, 5.74) is 14.0. The van der Waals surface area contributed by atoms with Crippen molar-refractivity contribution in [3.63, 3.8) is 0 Å². The number of nitrogen functional groups attached to an aromatic ring is 1. The molecule has 0 unspecified atom stereocenters. The van der Waals surface area contributed by atoms with Gasteiger partial charge in [0.25, 0.3) is 0 Å². The van der Waals surface area contributed by atoms with Gasteiger partial charge in [-0.3, -0.25) is 24.4 Å². The molecule has 0 aliphatic carbocycles. The lowest BCUT2D eigenvalue weighted by Gasteiger charge is -2.46. The van der Waals surface area contributed by atoms with Crippen molar-refractivity contribution < 1.29 is 37.6 Å². The summed E-state index contributed by atoms with van der Waals surface area (Å²) in [6, 6.07) is 16.3. The number of thioether (sulfide) groups is 1. The number of carbonyl (C=O) groups excluding carboxylic acids is 3. The normalized spacial score (nSPS) is 18.1. The third-order valence-electron chi connectivity index (χ3n) is 7.94. The molecular formula is C31H35FN7O7PS. The van der Waals surface area contributed by atoms with Crippen molar-refractivity contribution >= 4 is 43.1 Å². The molecule has 48 heavy (non-hydrogen) atoms. The smallest absolute Gasteiger partial charge is 0.404 e. The molecule has 2 atom stereocenters. The van der Waals surface area contributed by atoms with E-state index in [0.717, 1.165) is 17.3 Å². The molecule has 2 aliphatic heterocycles. The van der Waals surface area contributed by atoms with Gasteiger partial charge in [-0.25, -0.2) is 13.8 Å². The number of rotatable bonds is 11. The van der Waals surface area contributed by atoms with E-state index in [1.165, 1.54) is 58.3 Å². The quantitative estimate of drug-likeness (QED) is 0.112. The van der Waals surface area contributed by atoms with Crippen LogP contribution < -0.4 is 21.3 Å². The maximum absolute atomic E-state index is 14.7. The molecule has 254 valence electrons. The molecule has 0 radical (unpaired) electrons. The first-order chi connectivity index (χ1) is 22.7. The number of nitrogens with two attached hydrogens (primary N) is 2. The van der Waals surface area contributed by atoms with E-state index >= 15 is 0 Å². The number of nitrogens with zero attached hydrogens (tertiary/aromatic N) is 4. The molecule has 5 rings (SSSR count). The summed E-state index contributed by atoms with van der Waals surface area (Å²) in [5, 5.41) is 5.88. The molecule has 2 fully saturated rings. The fourth-order valence-electron chi connectivity index (χ4n) is 5.69. The molecule has 3 aromatic carbocycles. The first-order valence-corrected chi connectivity index (χ1v) is 17.0. The largest absolute Gasteiger partial charge is 0.524 e. The van der Waals surface area contributed by atoms with Gasteiger partial charge in [-0.2, -0.15) is 5.01 Å². The lowest BCUT2D eigenvalue weighted by atomic mass is 9.99. The van der Waals surface area contributed by atoms with Crippen molar-refractivity contribution in [3.8, 4) is 5.75 Å². The number of hydrogen-bond donors (Lipinski definition) is 5. The predicted molar refractivity (Wildman–Crippen MR) is 176 cm³/mol. The molecule has 0 saturated carbocycles. The number of nitrogens with one attached hydrogen (secondary N) is 1. The fourth-order valence-corrected chi connectivity index (χ4v) is 6.76. The number of fused-ring (bicyclic) bond motifs is 1. The molecule has 3 aromatic rings. The van der Waals surface area contributed by atoms with Crippen molar-refractivity contribution in [2.45, 2.75) is 36.6 Å². The van der Waals surface area contributed by atoms with Crippen molar-refractivity contribution in [1.82, 2.24) is 25.1 Å². The highest BCUT2D eigenvalue weighted by Gasteiger charge is 2.51. The maximum atomic E-state index is 14.7. The Morgan fingerprint density at radius 3 is 2.46 bits per heavy atom. The Balaban J connectivity index is 1.43. The Morgan fingerprint density at radius 1 is 1.12 bits per heavy atom. The second-order valence-electron chi connectivity index (χ2n) is 11.2. The zero-order chi connectivity index (χ0) is 34.7. The minimum Gasteiger partial charge on any atom is -0.404 e. The van der Waals surface area contributed by atoms with E-state index in [0.29, 0.717) is 11.1 Å². The number of hydrazine groups is 1. The van der Waals surface area contributed by atoms with Crippen LogP contribution in [0, 0.1) is 5.82 Å². The predicted octanol–water partition coefficient (Wildman–Crippen LogP) is 2.58. The molecule has 2 saturated heterocycles. The topological polar surface area (TPSA) is 195 Å². The third kappa shape index (κ3) is 7.91. The summed E-state index contributed by atoms with van der Waals surface area (Å²) < 4.78 is 30.5. The van der Waals surface area contributed by atoms with E-state index in [4.69, 9.17) is 21.3 Å². The average molecular weight is 700 g/mol. The first kappa shape index (κ1) is 34.7. The number of piperazine rings is 1. The Bertz CT molecular complexity index is 1760. The van der Waals surface area contributed by atoms with Gasteiger partial charge in [0.1, 0.15) is 23.8 Å². The van der Waals surface area contributed by atoms with Crippen LogP contribution in [-0.4, -0.2) is 79.8 Å². The van der Waals surface area contributed by atoms with Gasteiger partial charge in [0.05, 0.1) is 28.7 Å². The maximum Gasteiger partial charge on any atom is 0.524 e. The summed E-state index contributed by atoms with van der Waals surface area (Å²) >= 11 is 0.870. The van der Waals surface area contributed by atoms with Crippen molar-refractivity contribution in [2.75, 3.05) is 25.9 Å². The van der Waals surface area contributed by atoms with Gasteiger partial charge in [-0.15, -0.1) is 0 Å². The summed E-state index contributed by atoms with van der Waals surface area (Å²) in [7, 11) is -3.25. The molecular weight excluding hydrogens is 664 g/mol. The molecule has 0 bridgehead atoms. The minimum absolute atomic E-state index is 0.00926. The van der Waals surface area contributed by atoms with Gasteiger partial charge < -0.3 is 31.1 Å². The van der Waals surface area contributed by atoms with Gasteiger partial charge in [-0.1, -0.05) is 66.9 Å². The van der Waals surface area contributed by atoms with E-state index in [1.807, 2.05) is 30.3 Å². The van der Waals surface area contributed by atoms with E-state index < -0.39 is 37.8 Å². The molecule has 17 heteroatoms. The van der Waals surface area contributed by atoms with E-state index in [-0.39, 0.29) is 59.9 Å². The van der Waals surface area contributed by atoms with Crippen LogP contribution in [0.25, 0.3) is 0 Å². The van der Waals surface area contributed by atoms with Gasteiger partial charge in [-0.05, 0) is 34.9 Å². The van der Waals surface area contributed by atoms with Crippen LogP contribution in [0.3, 0.4) is 0 Å². The summed E-state index contributed by atoms with van der Waals surface area (Å²) in [6.07, 6.45) is -0.706. The molecule has 2 heterocycles. The number of carbonyl (C=O) groups is 3.